The fourth-order valence-electron chi connectivity index (χ4n) is 3.29. The van der Waals surface area contributed by atoms with Crippen LogP contribution in [0.25, 0.3) is 10.9 Å². The number of methoxy groups -OCH3 is 1. The summed E-state index contributed by atoms with van der Waals surface area (Å²) < 4.78 is 5.51. The van der Waals surface area contributed by atoms with Crippen LogP contribution >= 0.6 is 11.3 Å². The number of fused-ring (bicyclic) bond motifs is 1. The third-order valence-electron chi connectivity index (χ3n) is 4.58. The fourth-order valence-corrected chi connectivity index (χ4v) is 4.03. The van der Waals surface area contributed by atoms with E-state index < -0.39 is 0 Å². The zero-order valence-corrected chi connectivity index (χ0v) is 16.4. The van der Waals surface area contributed by atoms with Crippen molar-refractivity contribution in [1.82, 2.24) is 14.9 Å². The Hall–Kier alpha value is -2.96. The molecule has 5 nitrogen and oxygen atoms in total. The molecule has 2 heterocycles. The van der Waals surface area contributed by atoms with Crippen LogP contribution in [-0.4, -0.2) is 22.0 Å². The molecule has 4 rings (SSSR count). The van der Waals surface area contributed by atoms with Crippen molar-refractivity contribution in [2.45, 2.75) is 19.6 Å². The van der Waals surface area contributed by atoms with Gasteiger partial charge in [0.05, 0.1) is 24.6 Å². The van der Waals surface area contributed by atoms with Crippen LogP contribution in [-0.2, 0) is 19.6 Å². The van der Waals surface area contributed by atoms with E-state index in [0.29, 0.717) is 24.3 Å². The van der Waals surface area contributed by atoms with E-state index in [1.54, 1.807) is 24.5 Å². The van der Waals surface area contributed by atoms with E-state index in [-0.39, 0.29) is 5.56 Å². The number of aromatic amines is 1. The summed E-state index contributed by atoms with van der Waals surface area (Å²) in [6.07, 6.45) is 0. The molecule has 0 radical (unpaired) electrons. The minimum atomic E-state index is -0.103. The highest BCUT2D eigenvalue weighted by Gasteiger charge is 2.14. The van der Waals surface area contributed by atoms with Gasteiger partial charge in [0.1, 0.15) is 11.6 Å². The maximum Gasteiger partial charge on any atom is 0.258 e. The van der Waals surface area contributed by atoms with Crippen molar-refractivity contribution >= 4 is 22.2 Å². The average molecular weight is 391 g/mol. The van der Waals surface area contributed by atoms with Crippen molar-refractivity contribution in [3.63, 3.8) is 0 Å². The predicted octanol–water partition coefficient (Wildman–Crippen LogP) is 4.20. The van der Waals surface area contributed by atoms with Crippen LogP contribution in [0.15, 0.2) is 70.8 Å². The smallest absolute Gasteiger partial charge is 0.258 e. The van der Waals surface area contributed by atoms with E-state index >= 15 is 0 Å². The van der Waals surface area contributed by atoms with Crippen LogP contribution < -0.4 is 10.3 Å². The van der Waals surface area contributed by atoms with E-state index in [1.165, 1.54) is 4.88 Å². The molecular formula is C22H21N3O2S. The quantitative estimate of drug-likeness (QED) is 0.513. The van der Waals surface area contributed by atoms with Gasteiger partial charge in [-0.25, -0.2) is 4.98 Å². The van der Waals surface area contributed by atoms with Crippen molar-refractivity contribution in [1.29, 1.82) is 0 Å². The Morgan fingerprint density at radius 3 is 2.64 bits per heavy atom. The monoisotopic (exact) mass is 391 g/mol. The molecule has 0 aliphatic rings. The zero-order chi connectivity index (χ0) is 19.3. The molecule has 2 aromatic heterocycles. The highest BCUT2D eigenvalue weighted by Crippen LogP contribution is 2.22. The molecule has 6 heteroatoms. The number of thiophene rings is 1. The lowest BCUT2D eigenvalue weighted by Gasteiger charge is -2.22. The number of hydrogen-bond donors (Lipinski definition) is 1. The minimum Gasteiger partial charge on any atom is -0.496 e. The normalized spacial score (nSPS) is 11.2. The molecular weight excluding hydrogens is 370 g/mol. The molecule has 0 aliphatic heterocycles. The third kappa shape index (κ3) is 4.13. The van der Waals surface area contributed by atoms with Gasteiger partial charge in [0, 0.05) is 23.5 Å². The van der Waals surface area contributed by atoms with Crippen LogP contribution in [0, 0.1) is 0 Å². The van der Waals surface area contributed by atoms with Crippen molar-refractivity contribution in [2.24, 2.45) is 0 Å². The standard InChI is InChI=1S/C22H21N3O2S/c1-27-20-11-5-2-7-16(20)13-25(14-17-8-6-12-28-17)15-21-23-19-10-4-3-9-18(19)22(26)24-21/h2-12H,13-15H2,1H3,(H,23,24,26). The molecule has 0 unspecified atom stereocenters. The minimum absolute atomic E-state index is 0.103. The maximum absolute atomic E-state index is 12.4. The number of H-pyrrole nitrogens is 1. The van der Waals surface area contributed by atoms with E-state index in [2.05, 4.69) is 38.4 Å². The lowest BCUT2D eigenvalue weighted by atomic mass is 10.2. The van der Waals surface area contributed by atoms with Crippen molar-refractivity contribution in [3.8, 4) is 5.75 Å². The number of aromatic nitrogens is 2. The first-order chi connectivity index (χ1) is 13.7. The first kappa shape index (κ1) is 18.4. The highest BCUT2D eigenvalue weighted by molar-refractivity contribution is 7.09. The number of nitrogens with one attached hydrogen (secondary N) is 1. The Bertz CT molecular complexity index is 1120. The second kappa shape index (κ2) is 8.37. The van der Waals surface area contributed by atoms with E-state index in [9.17, 15) is 4.79 Å². The topological polar surface area (TPSA) is 58.2 Å². The van der Waals surface area contributed by atoms with Crippen LogP contribution in [0.1, 0.15) is 16.3 Å². The van der Waals surface area contributed by atoms with Crippen LogP contribution in [0.2, 0.25) is 0 Å². The average Bonchev–Trinajstić information content (AvgIpc) is 3.21. The zero-order valence-electron chi connectivity index (χ0n) is 15.6. The summed E-state index contributed by atoms with van der Waals surface area (Å²) in [4.78, 5) is 23.6. The number of rotatable bonds is 7. The molecule has 0 spiro atoms. The number of hydrogen-bond acceptors (Lipinski definition) is 5. The summed E-state index contributed by atoms with van der Waals surface area (Å²) >= 11 is 1.72. The molecule has 0 aliphatic carbocycles. The second-order valence-corrected chi connectivity index (χ2v) is 7.60. The number of ether oxygens (including phenoxy) is 1. The molecule has 142 valence electrons. The van der Waals surface area contributed by atoms with Crippen molar-refractivity contribution in [2.75, 3.05) is 7.11 Å². The largest absolute Gasteiger partial charge is 0.496 e. The number of para-hydroxylation sites is 2. The van der Waals surface area contributed by atoms with Crippen LogP contribution in [0.5, 0.6) is 5.75 Å². The molecule has 0 amide bonds. The summed E-state index contributed by atoms with van der Waals surface area (Å²) in [6, 6.07) is 19.6. The van der Waals surface area contributed by atoms with Crippen molar-refractivity contribution < 1.29 is 4.74 Å². The number of benzene rings is 2. The molecule has 0 fully saturated rings. The van der Waals surface area contributed by atoms with Gasteiger partial charge in [-0.2, -0.15) is 0 Å². The third-order valence-corrected chi connectivity index (χ3v) is 5.44. The van der Waals surface area contributed by atoms with Gasteiger partial charge < -0.3 is 9.72 Å². The first-order valence-electron chi connectivity index (χ1n) is 9.07. The molecule has 0 atom stereocenters. The van der Waals surface area contributed by atoms with E-state index in [0.717, 1.165) is 23.4 Å². The Kier molecular flexibility index (Phi) is 5.50. The summed E-state index contributed by atoms with van der Waals surface area (Å²) in [5.74, 6) is 1.52. The van der Waals surface area contributed by atoms with Crippen molar-refractivity contribution in [3.05, 3.63) is 92.7 Å². The van der Waals surface area contributed by atoms with E-state index in [4.69, 9.17) is 4.74 Å². The van der Waals surface area contributed by atoms with Gasteiger partial charge in [0.2, 0.25) is 0 Å². The van der Waals surface area contributed by atoms with Gasteiger partial charge in [-0.05, 0) is 29.6 Å². The lowest BCUT2D eigenvalue weighted by Crippen LogP contribution is -2.25. The van der Waals surface area contributed by atoms with E-state index in [1.807, 2.05) is 36.4 Å². The van der Waals surface area contributed by atoms with Gasteiger partial charge in [-0.3, -0.25) is 9.69 Å². The molecule has 2 aromatic carbocycles. The second-order valence-electron chi connectivity index (χ2n) is 6.57. The summed E-state index contributed by atoms with van der Waals surface area (Å²) in [6.45, 7) is 2.00. The summed E-state index contributed by atoms with van der Waals surface area (Å²) in [5.41, 5.74) is 1.72. The van der Waals surface area contributed by atoms with Gasteiger partial charge in [0.25, 0.3) is 5.56 Å². The Labute approximate surface area is 167 Å². The van der Waals surface area contributed by atoms with Gasteiger partial charge >= 0.3 is 0 Å². The molecule has 0 saturated heterocycles. The fraction of sp³-hybridized carbons (Fsp3) is 0.182. The van der Waals surface area contributed by atoms with Crippen LogP contribution in [0.3, 0.4) is 0 Å². The van der Waals surface area contributed by atoms with Gasteiger partial charge in [0.15, 0.2) is 0 Å². The molecule has 0 bridgehead atoms. The SMILES string of the molecule is COc1ccccc1CN(Cc1nc2ccccc2c(=O)[nH]1)Cc1cccs1. The molecule has 0 saturated carbocycles. The molecule has 28 heavy (non-hydrogen) atoms. The van der Waals surface area contributed by atoms with Gasteiger partial charge in [-0.15, -0.1) is 11.3 Å². The first-order valence-corrected chi connectivity index (χ1v) is 9.95. The van der Waals surface area contributed by atoms with Gasteiger partial charge in [-0.1, -0.05) is 36.4 Å². The van der Waals surface area contributed by atoms with Crippen LogP contribution in [0.4, 0.5) is 0 Å². The Morgan fingerprint density at radius 1 is 1.00 bits per heavy atom. The number of nitrogens with zero attached hydrogens (tertiary/aromatic N) is 2. The summed E-state index contributed by atoms with van der Waals surface area (Å²) in [7, 11) is 1.69. The molecule has 1 N–H and O–H groups in total. The Morgan fingerprint density at radius 2 is 1.82 bits per heavy atom. The maximum atomic E-state index is 12.4. The summed E-state index contributed by atoms with van der Waals surface area (Å²) in [5, 5.41) is 2.69. The predicted molar refractivity (Wildman–Crippen MR) is 113 cm³/mol. The lowest BCUT2D eigenvalue weighted by molar-refractivity contribution is 0.239. The Balaban J connectivity index is 1.64. The molecule has 4 aromatic rings. The highest BCUT2D eigenvalue weighted by atomic mass is 32.1.